The second-order valence-corrected chi connectivity index (χ2v) is 9.28. The lowest BCUT2D eigenvalue weighted by Crippen LogP contribution is -2.40. The molecule has 2 aromatic rings. The first kappa shape index (κ1) is 20.2. The van der Waals surface area contributed by atoms with Crippen LogP contribution in [0.1, 0.15) is 47.4 Å². The van der Waals surface area contributed by atoms with Crippen molar-refractivity contribution in [3.05, 3.63) is 49.8 Å². The van der Waals surface area contributed by atoms with E-state index >= 15 is 0 Å². The minimum atomic E-state index is -0.0327. The summed E-state index contributed by atoms with van der Waals surface area (Å²) in [5.41, 5.74) is 3.74. The molecule has 2 aliphatic rings. The lowest BCUT2D eigenvalue weighted by Gasteiger charge is -2.36. The van der Waals surface area contributed by atoms with E-state index in [-0.39, 0.29) is 11.9 Å². The van der Waals surface area contributed by atoms with E-state index in [9.17, 15) is 4.79 Å². The molecule has 4 rings (SSSR count). The topological polar surface area (TPSA) is 41.6 Å². The fourth-order valence-corrected chi connectivity index (χ4v) is 5.88. The van der Waals surface area contributed by atoms with Crippen LogP contribution in [0.15, 0.2) is 18.2 Å². The molecule has 1 aliphatic heterocycles. The van der Waals surface area contributed by atoms with E-state index in [4.69, 9.17) is 27.9 Å². The molecule has 1 atom stereocenters. The number of carbonyl (C=O) groups excluding carboxylic acids is 1. The SMILES string of the molecule is CC(=O)Nc1sc2c(c1[C@@H](c1ccc(Cl)c(Cl)c1)N1CCOCC1)CCCC2. The molecule has 2 heterocycles. The Balaban J connectivity index is 1.87. The molecular weight excluding hydrogens is 415 g/mol. The Labute approximate surface area is 179 Å². The third-order valence-electron chi connectivity index (χ3n) is 5.45. The number of fused-ring (bicyclic) bond motifs is 1. The van der Waals surface area contributed by atoms with Crippen LogP contribution >= 0.6 is 34.5 Å². The number of hydrogen-bond acceptors (Lipinski definition) is 4. The van der Waals surface area contributed by atoms with Crippen LogP contribution in [0.25, 0.3) is 0 Å². The van der Waals surface area contributed by atoms with Gasteiger partial charge in [-0.15, -0.1) is 11.3 Å². The maximum atomic E-state index is 11.9. The summed E-state index contributed by atoms with van der Waals surface area (Å²) in [5, 5.41) is 5.20. The molecule has 0 unspecified atom stereocenters. The molecule has 1 N–H and O–H groups in total. The standard InChI is InChI=1S/C21H24Cl2N2O2S/c1-13(26)24-21-19(15-4-2-3-5-18(15)28-21)20(25-8-10-27-11-9-25)14-6-7-16(22)17(23)12-14/h6-7,12,20H,2-5,8-11H2,1H3,(H,24,26)/t20-/m1/s1. The molecule has 1 saturated heterocycles. The van der Waals surface area contributed by atoms with E-state index in [0.717, 1.165) is 36.5 Å². The number of ether oxygens (including phenoxy) is 1. The Morgan fingerprint density at radius 3 is 2.64 bits per heavy atom. The molecule has 1 amide bonds. The van der Waals surface area contributed by atoms with E-state index in [2.05, 4.69) is 16.3 Å². The van der Waals surface area contributed by atoms with Crippen molar-refractivity contribution in [1.29, 1.82) is 0 Å². The van der Waals surface area contributed by atoms with Gasteiger partial charge in [0.2, 0.25) is 5.91 Å². The average molecular weight is 439 g/mol. The Hall–Kier alpha value is -1.11. The van der Waals surface area contributed by atoms with Crippen LogP contribution in [0.2, 0.25) is 10.0 Å². The van der Waals surface area contributed by atoms with Gasteiger partial charge in [0.15, 0.2) is 0 Å². The number of rotatable bonds is 4. The van der Waals surface area contributed by atoms with Crippen molar-refractivity contribution in [1.82, 2.24) is 4.90 Å². The summed E-state index contributed by atoms with van der Waals surface area (Å²) < 4.78 is 5.60. The lowest BCUT2D eigenvalue weighted by atomic mass is 9.88. The maximum Gasteiger partial charge on any atom is 0.221 e. The van der Waals surface area contributed by atoms with Crippen molar-refractivity contribution in [2.45, 2.75) is 38.6 Å². The van der Waals surface area contributed by atoms with Crippen molar-refractivity contribution in [2.24, 2.45) is 0 Å². The zero-order valence-corrected chi connectivity index (χ0v) is 18.2. The molecule has 0 saturated carbocycles. The quantitative estimate of drug-likeness (QED) is 0.702. The van der Waals surface area contributed by atoms with Crippen LogP contribution in [0.3, 0.4) is 0 Å². The van der Waals surface area contributed by atoms with Gasteiger partial charge in [-0.3, -0.25) is 9.69 Å². The zero-order chi connectivity index (χ0) is 19.7. The van der Waals surface area contributed by atoms with E-state index in [1.54, 1.807) is 18.3 Å². The van der Waals surface area contributed by atoms with Gasteiger partial charge in [-0.25, -0.2) is 0 Å². The summed E-state index contributed by atoms with van der Waals surface area (Å²) >= 11 is 14.3. The number of anilines is 1. The monoisotopic (exact) mass is 438 g/mol. The fourth-order valence-electron chi connectivity index (χ4n) is 4.21. The summed E-state index contributed by atoms with van der Waals surface area (Å²) in [7, 11) is 0. The molecule has 4 nitrogen and oxygen atoms in total. The molecule has 0 radical (unpaired) electrons. The van der Waals surface area contributed by atoms with Crippen LogP contribution in [-0.4, -0.2) is 37.1 Å². The molecule has 28 heavy (non-hydrogen) atoms. The minimum Gasteiger partial charge on any atom is -0.379 e. The number of morpholine rings is 1. The van der Waals surface area contributed by atoms with Crippen molar-refractivity contribution >= 4 is 45.4 Å². The van der Waals surface area contributed by atoms with E-state index in [0.29, 0.717) is 23.3 Å². The Morgan fingerprint density at radius 2 is 1.93 bits per heavy atom. The molecular formula is C21H24Cl2N2O2S. The van der Waals surface area contributed by atoms with Crippen LogP contribution in [0.5, 0.6) is 0 Å². The fraction of sp³-hybridized carbons (Fsp3) is 0.476. The highest BCUT2D eigenvalue weighted by atomic mass is 35.5. The number of nitrogens with zero attached hydrogens (tertiary/aromatic N) is 1. The van der Waals surface area contributed by atoms with Gasteiger partial charge >= 0.3 is 0 Å². The summed E-state index contributed by atoms with van der Waals surface area (Å²) in [4.78, 5) is 15.8. The average Bonchev–Trinajstić information content (AvgIpc) is 3.03. The first-order valence-electron chi connectivity index (χ1n) is 9.73. The number of aryl methyl sites for hydroxylation is 1. The van der Waals surface area contributed by atoms with Gasteiger partial charge in [-0.05, 0) is 48.9 Å². The molecule has 1 fully saturated rings. The largest absolute Gasteiger partial charge is 0.379 e. The first-order chi connectivity index (χ1) is 13.5. The van der Waals surface area contributed by atoms with Gasteiger partial charge < -0.3 is 10.1 Å². The molecule has 1 aromatic heterocycles. The molecule has 7 heteroatoms. The lowest BCUT2D eigenvalue weighted by molar-refractivity contribution is -0.114. The maximum absolute atomic E-state index is 11.9. The van der Waals surface area contributed by atoms with Crippen molar-refractivity contribution in [3.8, 4) is 0 Å². The zero-order valence-electron chi connectivity index (χ0n) is 15.9. The summed E-state index contributed by atoms with van der Waals surface area (Å²) in [6.45, 7) is 4.68. The number of hydrogen-bond donors (Lipinski definition) is 1. The molecule has 1 aromatic carbocycles. The number of carbonyl (C=O) groups is 1. The third-order valence-corrected chi connectivity index (χ3v) is 7.41. The van der Waals surface area contributed by atoms with E-state index in [1.807, 2.05) is 12.1 Å². The second-order valence-electron chi connectivity index (χ2n) is 7.36. The molecule has 0 spiro atoms. The van der Waals surface area contributed by atoms with Crippen LogP contribution in [-0.2, 0) is 22.4 Å². The number of thiophene rings is 1. The number of nitrogens with one attached hydrogen (secondary N) is 1. The third kappa shape index (κ3) is 4.10. The highest BCUT2D eigenvalue weighted by Crippen LogP contribution is 2.46. The number of amides is 1. The number of benzene rings is 1. The van der Waals surface area contributed by atoms with Gasteiger partial charge in [0.25, 0.3) is 0 Å². The van der Waals surface area contributed by atoms with Crippen LogP contribution in [0, 0.1) is 0 Å². The number of halogens is 2. The van der Waals surface area contributed by atoms with Gasteiger partial charge in [0.1, 0.15) is 5.00 Å². The van der Waals surface area contributed by atoms with E-state index < -0.39 is 0 Å². The Bertz CT molecular complexity index is 878. The van der Waals surface area contributed by atoms with Crippen LogP contribution in [0.4, 0.5) is 5.00 Å². The first-order valence-corrected chi connectivity index (χ1v) is 11.3. The van der Waals surface area contributed by atoms with Gasteiger partial charge in [0.05, 0.1) is 29.3 Å². The Kier molecular flexibility index (Phi) is 6.28. The Morgan fingerprint density at radius 1 is 1.18 bits per heavy atom. The predicted octanol–water partition coefficient (Wildman–Crippen LogP) is 5.31. The minimum absolute atomic E-state index is 0.0265. The van der Waals surface area contributed by atoms with Gasteiger partial charge in [0, 0.05) is 30.5 Å². The highest BCUT2D eigenvalue weighted by Gasteiger charge is 2.32. The second kappa shape index (κ2) is 8.72. The molecule has 150 valence electrons. The van der Waals surface area contributed by atoms with E-state index in [1.165, 1.54) is 28.8 Å². The van der Waals surface area contributed by atoms with Gasteiger partial charge in [-0.2, -0.15) is 0 Å². The summed E-state index contributed by atoms with van der Waals surface area (Å²) in [6.07, 6.45) is 4.54. The summed E-state index contributed by atoms with van der Waals surface area (Å²) in [6, 6.07) is 5.91. The van der Waals surface area contributed by atoms with Crippen LogP contribution < -0.4 is 5.32 Å². The van der Waals surface area contributed by atoms with Crippen molar-refractivity contribution in [3.63, 3.8) is 0 Å². The van der Waals surface area contributed by atoms with Gasteiger partial charge in [-0.1, -0.05) is 29.3 Å². The molecule has 0 bridgehead atoms. The highest BCUT2D eigenvalue weighted by molar-refractivity contribution is 7.16. The smallest absolute Gasteiger partial charge is 0.221 e. The summed E-state index contributed by atoms with van der Waals surface area (Å²) in [5.74, 6) is -0.0327. The molecule has 1 aliphatic carbocycles. The van der Waals surface area contributed by atoms with Crippen molar-refractivity contribution in [2.75, 3.05) is 31.6 Å². The normalized spacial score (nSPS) is 18.5. The van der Waals surface area contributed by atoms with Crippen molar-refractivity contribution < 1.29 is 9.53 Å². The predicted molar refractivity (Wildman–Crippen MR) is 116 cm³/mol.